The zero-order valence-electron chi connectivity index (χ0n) is 17.7. The minimum absolute atomic E-state index is 0.0830. The van der Waals surface area contributed by atoms with Crippen molar-refractivity contribution in [1.82, 2.24) is 5.32 Å². The third-order valence-electron chi connectivity index (χ3n) is 4.73. The molecule has 30 heavy (non-hydrogen) atoms. The van der Waals surface area contributed by atoms with Gasteiger partial charge in [-0.1, -0.05) is 6.07 Å². The molecule has 0 fully saturated rings. The van der Waals surface area contributed by atoms with Crippen molar-refractivity contribution in [2.75, 3.05) is 33.0 Å². The average molecular weight is 415 g/mol. The number of amides is 1. The van der Waals surface area contributed by atoms with Gasteiger partial charge in [0.15, 0.2) is 11.5 Å². The highest BCUT2D eigenvalue weighted by Crippen LogP contribution is 2.39. The van der Waals surface area contributed by atoms with Crippen molar-refractivity contribution < 1.29 is 28.8 Å². The van der Waals surface area contributed by atoms with E-state index in [2.05, 4.69) is 5.32 Å². The second-order valence-corrected chi connectivity index (χ2v) is 6.79. The molecule has 1 amide bonds. The van der Waals surface area contributed by atoms with Gasteiger partial charge in [-0.25, -0.2) is 0 Å². The first kappa shape index (κ1) is 21.8. The number of benzene rings is 2. The van der Waals surface area contributed by atoms with Gasteiger partial charge >= 0.3 is 0 Å². The van der Waals surface area contributed by atoms with E-state index >= 15 is 0 Å². The molecule has 162 valence electrons. The van der Waals surface area contributed by atoms with Crippen molar-refractivity contribution in [3.05, 3.63) is 47.0 Å². The molecule has 0 saturated heterocycles. The topological polar surface area (TPSA) is 86.3 Å². The molecule has 0 spiro atoms. The number of rotatable bonds is 10. The molecule has 7 heteroatoms. The zero-order valence-corrected chi connectivity index (χ0v) is 17.7. The van der Waals surface area contributed by atoms with Crippen molar-refractivity contribution in [2.45, 2.75) is 33.3 Å². The lowest BCUT2D eigenvalue weighted by Crippen LogP contribution is -2.28. The van der Waals surface area contributed by atoms with Crippen molar-refractivity contribution in [3.63, 3.8) is 0 Å². The fourth-order valence-corrected chi connectivity index (χ4v) is 3.34. The van der Waals surface area contributed by atoms with Gasteiger partial charge in [0.1, 0.15) is 5.75 Å². The third kappa shape index (κ3) is 4.97. The molecule has 1 aliphatic rings. The minimum atomic E-state index is -0.819. The van der Waals surface area contributed by atoms with Crippen LogP contribution in [0.2, 0.25) is 0 Å². The van der Waals surface area contributed by atoms with Gasteiger partial charge in [0.2, 0.25) is 5.75 Å². The standard InChI is InChI=1S/C23H29NO6/c1-4-27-20-12-17(13-21(28-5-2)22(20)29-6-3)23(26)24-14-18(25)15-7-8-19-16(11-15)9-10-30-19/h7-8,11-13,18,25H,4-6,9-10,14H2,1-3H3,(H,24,26). The van der Waals surface area contributed by atoms with Crippen molar-refractivity contribution in [2.24, 2.45) is 0 Å². The Bertz CT molecular complexity index is 855. The Morgan fingerprint density at radius 2 is 1.73 bits per heavy atom. The van der Waals surface area contributed by atoms with Crippen LogP contribution in [0.25, 0.3) is 0 Å². The van der Waals surface area contributed by atoms with Crippen LogP contribution < -0.4 is 24.3 Å². The Kier molecular flexibility index (Phi) is 7.41. The molecule has 0 saturated carbocycles. The molecule has 0 bridgehead atoms. The molecule has 3 rings (SSSR count). The van der Waals surface area contributed by atoms with Crippen LogP contribution in [0.5, 0.6) is 23.0 Å². The van der Waals surface area contributed by atoms with Crippen LogP contribution in [-0.2, 0) is 6.42 Å². The van der Waals surface area contributed by atoms with Crippen molar-refractivity contribution >= 4 is 5.91 Å². The lowest BCUT2D eigenvalue weighted by Gasteiger charge is -2.18. The molecule has 7 nitrogen and oxygen atoms in total. The quantitative estimate of drug-likeness (QED) is 0.619. The summed E-state index contributed by atoms with van der Waals surface area (Å²) in [7, 11) is 0. The highest BCUT2D eigenvalue weighted by atomic mass is 16.5. The Morgan fingerprint density at radius 3 is 2.37 bits per heavy atom. The van der Waals surface area contributed by atoms with Crippen LogP contribution in [0.4, 0.5) is 0 Å². The highest BCUT2D eigenvalue weighted by Gasteiger charge is 2.20. The largest absolute Gasteiger partial charge is 0.493 e. The summed E-state index contributed by atoms with van der Waals surface area (Å²) >= 11 is 0. The van der Waals surface area contributed by atoms with E-state index in [4.69, 9.17) is 18.9 Å². The predicted molar refractivity (Wildman–Crippen MR) is 113 cm³/mol. The molecule has 0 radical (unpaired) electrons. The Morgan fingerprint density at radius 1 is 1.07 bits per heavy atom. The maximum atomic E-state index is 12.8. The fourth-order valence-electron chi connectivity index (χ4n) is 3.34. The first-order valence-corrected chi connectivity index (χ1v) is 10.4. The second kappa shape index (κ2) is 10.2. The summed E-state index contributed by atoms with van der Waals surface area (Å²) in [6, 6.07) is 8.86. The molecule has 1 heterocycles. The van der Waals surface area contributed by atoms with Gasteiger partial charge in [-0.15, -0.1) is 0 Å². The number of aliphatic hydroxyl groups excluding tert-OH is 1. The van der Waals surface area contributed by atoms with E-state index in [0.29, 0.717) is 49.2 Å². The number of nitrogens with one attached hydrogen (secondary N) is 1. The van der Waals surface area contributed by atoms with Crippen LogP contribution >= 0.6 is 0 Å². The van der Waals surface area contributed by atoms with E-state index in [-0.39, 0.29) is 12.5 Å². The van der Waals surface area contributed by atoms with Crippen LogP contribution in [-0.4, -0.2) is 44.0 Å². The summed E-state index contributed by atoms with van der Waals surface area (Å²) in [4.78, 5) is 12.8. The SMILES string of the molecule is CCOc1cc(C(=O)NCC(O)c2ccc3c(c2)CCO3)cc(OCC)c1OCC. The smallest absolute Gasteiger partial charge is 0.251 e. The average Bonchev–Trinajstić information content (AvgIpc) is 3.22. The summed E-state index contributed by atoms with van der Waals surface area (Å²) in [6.45, 7) is 7.65. The lowest BCUT2D eigenvalue weighted by atomic mass is 10.0. The molecule has 2 aromatic carbocycles. The van der Waals surface area contributed by atoms with Gasteiger partial charge in [-0.05, 0) is 56.2 Å². The van der Waals surface area contributed by atoms with Gasteiger partial charge in [-0.2, -0.15) is 0 Å². The normalized spacial score (nSPS) is 13.2. The molecule has 2 aromatic rings. The molecule has 1 aliphatic heterocycles. The number of aliphatic hydroxyl groups is 1. The predicted octanol–water partition coefficient (Wildman–Crippen LogP) is 3.28. The number of carbonyl (C=O) groups excluding carboxylic acids is 1. The minimum Gasteiger partial charge on any atom is -0.493 e. The summed E-state index contributed by atoms with van der Waals surface area (Å²) in [5.74, 6) is 1.92. The number of fused-ring (bicyclic) bond motifs is 1. The van der Waals surface area contributed by atoms with Gasteiger partial charge in [-0.3, -0.25) is 4.79 Å². The van der Waals surface area contributed by atoms with E-state index in [1.165, 1.54) is 0 Å². The third-order valence-corrected chi connectivity index (χ3v) is 4.73. The van der Waals surface area contributed by atoms with E-state index in [1.807, 2.05) is 39.0 Å². The van der Waals surface area contributed by atoms with Crippen molar-refractivity contribution in [1.29, 1.82) is 0 Å². The molecule has 0 aromatic heterocycles. The summed E-state index contributed by atoms with van der Waals surface area (Å²) in [5.41, 5.74) is 2.20. The van der Waals surface area contributed by atoms with E-state index in [0.717, 1.165) is 23.3 Å². The number of hydrogen-bond acceptors (Lipinski definition) is 6. The molecule has 1 unspecified atom stereocenters. The lowest BCUT2D eigenvalue weighted by molar-refractivity contribution is 0.0915. The Labute approximate surface area is 176 Å². The van der Waals surface area contributed by atoms with Gasteiger partial charge in [0.05, 0.1) is 32.5 Å². The van der Waals surface area contributed by atoms with Gasteiger partial charge < -0.3 is 29.4 Å². The fraction of sp³-hybridized carbons (Fsp3) is 0.435. The van der Waals surface area contributed by atoms with Crippen LogP contribution in [0.1, 0.15) is 48.4 Å². The maximum absolute atomic E-state index is 12.8. The molecule has 1 atom stereocenters. The van der Waals surface area contributed by atoms with Crippen LogP contribution in [0.15, 0.2) is 30.3 Å². The maximum Gasteiger partial charge on any atom is 0.251 e. The highest BCUT2D eigenvalue weighted by molar-refractivity contribution is 5.95. The second-order valence-electron chi connectivity index (χ2n) is 6.79. The first-order valence-electron chi connectivity index (χ1n) is 10.4. The summed E-state index contributed by atoms with van der Waals surface area (Å²) in [6.07, 6.45) is 0.00903. The van der Waals surface area contributed by atoms with Gasteiger partial charge in [0, 0.05) is 18.5 Å². The van der Waals surface area contributed by atoms with Crippen LogP contribution in [0, 0.1) is 0 Å². The van der Waals surface area contributed by atoms with E-state index in [9.17, 15) is 9.90 Å². The van der Waals surface area contributed by atoms with E-state index < -0.39 is 6.10 Å². The number of hydrogen-bond donors (Lipinski definition) is 2. The Hall–Kier alpha value is -2.93. The monoisotopic (exact) mass is 415 g/mol. The van der Waals surface area contributed by atoms with Crippen molar-refractivity contribution in [3.8, 4) is 23.0 Å². The number of ether oxygens (including phenoxy) is 4. The van der Waals surface area contributed by atoms with Crippen LogP contribution in [0.3, 0.4) is 0 Å². The Balaban J connectivity index is 1.73. The van der Waals surface area contributed by atoms with Gasteiger partial charge in [0.25, 0.3) is 5.91 Å². The first-order chi connectivity index (χ1) is 14.6. The molecule has 0 aliphatic carbocycles. The molecular formula is C23H29NO6. The molecule has 2 N–H and O–H groups in total. The number of carbonyl (C=O) groups is 1. The summed E-state index contributed by atoms with van der Waals surface area (Å²) < 4.78 is 22.5. The summed E-state index contributed by atoms with van der Waals surface area (Å²) in [5, 5.41) is 13.3. The molecular weight excluding hydrogens is 386 g/mol. The zero-order chi connectivity index (χ0) is 21.5. The van der Waals surface area contributed by atoms with E-state index in [1.54, 1.807) is 12.1 Å².